The van der Waals surface area contributed by atoms with Gasteiger partial charge in [0, 0.05) is 40.3 Å². The van der Waals surface area contributed by atoms with E-state index in [2.05, 4.69) is 10.3 Å². The summed E-state index contributed by atoms with van der Waals surface area (Å²) < 4.78 is 48.0. The van der Waals surface area contributed by atoms with Crippen LogP contribution in [0.1, 0.15) is 27.2 Å². The molecule has 0 aromatic carbocycles. The van der Waals surface area contributed by atoms with Crippen molar-refractivity contribution in [2.75, 3.05) is 51.8 Å². The Morgan fingerprint density at radius 1 is 1.38 bits per heavy atom. The number of nitrogens with zero attached hydrogens (tertiary/aromatic N) is 3. The van der Waals surface area contributed by atoms with Gasteiger partial charge in [-0.1, -0.05) is 0 Å². The summed E-state index contributed by atoms with van der Waals surface area (Å²) in [5, 5.41) is 3.19. The highest BCUT2D eigenvalue weighted by Gasteiger charge is 2.40. The summed E-state index contributed by atoms with van der Waals surface area (Å²) in [6, 6.07) is 0. The first-order valence-corrected chi connectivity index (χ1v) is 11.3. The zero-order valence-electron chi connectivity index (χ0n) is 15.2. The molecule has 0 aliphatic carbocycles. The van der Waals surface area contributed by atoms with Gasteiger partial charge < -0.3 is 10.2 Å². The largest absolute Gasteiger partial charge is 0.356 e. The standard InChI is InChI=1S/C14H30N4O4S2/c1-6-24(21,22)17(5)9-7-8-16-13(15-4)18-10-11-23(19,20)14(2,3)12-18/h6-12H2,1-5H3,(H,15,16). The number of aliphatic imine (C=N–C) groups is 1. The predicted molar refractivity (Wildman–Crippen MR) is 97.5 cm³/mol. The Hall–Kier alpha value is -0.870. The fourth-order valence-corrected chi connectivity index (χ4v) is 4.73. The minimum absolute atomic E-state index is 0.0932. The van der Waals surface area contributed by atoms with Gasteiger partial charge in [-0.25, -0.2) is 21.1 Å². The molecule has 8 nitrogen and oxygen atoms in total. The van der Waals surface area contributed by atoms with Crippen LogP contribution >= 0.6 is 0 Å². The molecule has 1 heterocycles. The molecule has 24 heavy (non-hydrogen) atoms. The van der Waals surface area contributed by atoms with Crippen molar-refractivity contribution in [1.29, 1.82) is 0 Å². The SMILES string of the molecule is CCS(=O)(=O)N(C)CCCNC(=NC)N1CCS(=O)(=O)C(C)(C)C1. The summed E-state index contributed by atoms with van der Waals surface area (Å²) in [5.41, 5.74) is 0. The van der Waals surface area contributed by atoms with Gasteiger partial charge in [-0.2, -0.15) is 0 Å². The van der Waals surface area contributed by atoms with E-state index in [9.17, 15) is 16.8 Å². The highest BCUT2D eigenvalue weighted by atomic mass is 32.2. The van der Waals surface area contributed by atoms with Crippen LogP contribution in [0.5, 0.6) is 0 Å². The summed E-state index contributed by atoms with van der Waals surface area (Å²) in [4.78, 5) is 6.15. The monoisotopic (exact) mass is 382 g/mol. The molecule has 0 bridgehead atoms. The quantitative estimate of drug-likeness (QED) is 0.386. The second-order valence-corrected chi connectivity index (χ2v) is 11.7. The normalized spacial score (nSPS) is 21.1. The van der Waals surface area contributed by atoms with Crippen LogP contribution in [-0.2, 0) is 19.9 Å². The molecule has 0 unspecified atom stereocenters. The zero-order valence-corrected chi connectivity index (χ0v) is 16.9. The van der Waals surface area contributed by atoms with E-state index in [0.717, 1.165) is 0 Å². The molecule has 1 aliphatic rings. The lowest BCUT2D eigenvalue weighted by Crippen LogP contribution is -2.57. The summed E-state index contributed by atoms with van der Waals surface area (Å²) in [7, 11) is -3.01. The Morgan fingerprint density at radius 3 is 2.50 bits per heavy atom. The lowest BCUT2D eigenvalue weighted by Gasteiger charge is -2.39. The van der Waals surface area contributed by atoms with Crippen LogP contribution in [0, 0.1) is 0 Å². The van der Waals surface area contributed by atoms with Crippen LogP contribution in [0.25, 0.3) is 0 Å². The van der Waals surface area contributed by atoms with Crippen molar-refractivity contribution < 1.29 is 16.8 Å². The molecule has 0 atom stereocenters. The van der Waals surface area contributed by atoms with Crippen molar-refractivity contribution in [3.8, 4) is 0 Å². The van der Waals surface area contributed by atoms with Crippen LogP contribution in [0.15, 0.2) is 4.99 Å². The Labute approximate surface area is 146 Å². The van der Waals surface area contributed by atoms with Crippen molar-refractivity contribution in [1.82, 2.24) is 14.5 Å². The predicted octanol–water partition coefficient (Wildman–Crippen LogP) is -0.258. The van der Waals surface area contributed by atoms with Crippen molar-refractivity contribution >= 4 is 25.8 Å². The van der Waals surface area contributed by atoms with Crippen LogP contribution in [-0.4, -0.2) is 88.5 Å². The highest BCUT2D eigenvalue weighted by Crippen LogP contribution is 2.23. The molecule has 0 aromatic rings. The molecule has 1 rings (SSSR count). The molecule has 0 radical (unpaired) electrons. The molecule has 0 aromatic heterocycles. The fraction of sp³-hybridized carbons (Fsp3) is 0.929. The third kappa shape index (κ3) is 5.06. The van der Waals surface area contributed by atoms with E-state index < -0.39 is 24.6 Å². The van der Waals surface area contributed by atoms with Crippen molar-refractivity contribution in [2.45, 2.75) is 31.9 Å². The van der Waals surface area contributed by atoms with Crippen LogP contribution in [0.2, 0.25) is 0 Å². The molecule has 10 heteroatoms. The van der Waals surface area contributed by atoms with Crippen molar-refractivity contribution in [3.05, 3.63) is 0 Å². The minimum Gasteiger partial charge on any atom is -0.356 e. The van der Waals surface area contributed by atoms with Crippen LogP contribution < -0.4 is 5.32 Å². The van der Waals surface area contributed by atoms with Gasteiger partial charge in [0.2, 0.25) is 10.0 Å². The third-order valence-corrected chi connectivity index (χ3v) is 8.72. The van der Waals surface area contributed by atoms with Gasteiger partial charge in [0.1, 0.15) is 0 Å². The number of hydrogen-bond acceptors (Lipinski definition) is 5. The van der Waals surface area contributed by atoms with Crippen molar-refractivity contribution in [3.63, 3.8) is 0 Å². The number of sulfone groups is 1. The van der Waals surface area contributed by atoms with Crippen LogP contribution in [0.3, 0.4) is 0 Å². The van der Waals surface area contributed by atoms with E-state index in [4.69, 9.17) is 0 Å². The lowest BCUT2D eigenvalue weighted by atomic mass is 10.2. The summed E-state index contributed by atoms with van der Waals surface area (Å²) in [6.45, 7) is 6.88. The van der Waals surface area contributed by atoms with Gasteiger partial charge in [0.25, 0.3) is 0 Å². The van der Waals surface area contributed by atoms with E-state index in [1.54, 1.807) is 34.9 Å². The first kappa shape index (κ1) is 21.2. The fourth-order valence-electron chi connectivity index (χ4n) is 2.52. The van der Waals surface area contributed by atoms with E-state index in [1.165, 1.54) is 4.31 Å². The molecular formula is C14H30N4O4S2. The molecular weight excluding hydrogens is 352 g/mol. The molecule has 1 fully saturated rings. The second-order valence-electron chi connectivity index (χ2n) is 6.55. The lowest BCUT2D eigenvalue weighted by molar-refractivity contribution is 0.352. The molecule has 1 aliphatic heterocycles. The van der Waals surface area contributed by atoms with Crippen LogP contribution in [0.4, 0.5) is 0 Å². The number of hydrogen-bond donors (Lipinski definition) is 1. The minimum atomic E-state index is -3.16. The first-order valence-electron chi connectivity index (χ1n) is 8.09. The van der Waals surface area contributed by atoms with Gasteiger partial charge >= 0.3 is 0 Å². The Bertz CT molecular complexity index is 656. The maximum Gasteiger partial charge on any atom is 0.213 e. The highest BCUT2D eigenvalue weighted by molar-refractivity contribution is 7.92. The topological polar surface area (TPSA) is 99.2 Å². The number of rotatable bonds is 6. The smallest absolute Gasteiger partial charge is 0.213 e. The Morgan fingerprint density at radius 2 is 2.00 bits per heavy atom. The van der Waals surface area contributed by atoms with Crippen molar-refractivity contribution in [2.24, 2.45) is 4.99 Å². The average molecular weight is 383 g/mol. The van der Waals surface area contributed by atoms with E-state index in [1.807, 2.05) is 4.90 Å². The molecule has 0 amide bonds. The molecule has 1 N–H and O–H groups in total. The van der Waals surface area contributed by atoms with Gasteiger partial charge in [0.15, 0.2) is 15.8 Å². The van der Waals surface area contributed by atoms with Gasteiger partial charge in [-0.05, 0) is 27.2 Å². The second kappa shape index (κ2) is 8.01. The maximum atomic E-state index is 12.1. The molecule has 0 saturated carbocycles. The first-order chi connectivity index (χ1) is 11.0. The third-order valence-electron chi connectivity index (χ3n) is 4.33. The zero-order chi connectivity index (χ0) is 18.6. The van der Waals surface area contributed by atoms with Gasteiger partial charge in [-0.15, -0.1) is 0 Å². The summed E-state index contributed by atoms with van der Waals surface area (Å²) in [6.07, 6.45) is 0.643. The van der Waals surface area contributed by atoms with E-state index >= 15 is 0 Å². The summed E-state index contributed by atoms with van der Waals surface area (Å²) >= 11 is 0. The molecule has 142 valence electrons. The Balaban J connectivity index is 2.53. The molecule has 1 saturated heterocycles. The Kier molecular flexibility index (Phi) is 7.06. The number of guanidine groups is 1. The number of nitrogens with one attached hydrogen (secondary N) is 1. The van der Waals surface area contributed by atoms with Gasteiger partial charge in [-0.3, -0.25) is 4.99 Å². The maximum absolute atomic E-state index is 12.1. The number of sulfonamides is 1. The average Bonchev–Trinajstić information content (AvgIpc) is 2.50. The van der Waals surface area contributed by atoms with Gasteiger partial charge in [0.05, 0.1) is 16.3 Å². The van der Waals surface area contributed by atoms with E-state index in [0.29, 0.717) is 38.6 Å². The summed E-state index contributed by atoms with van der Waals surface area (Å²) in [5.74, 6) is 0.854. The molecule has 0 spiro atoms. The van der Waals surface area contributed by atoms with E-state index in [-0.39, 0.29) is 11.5 Å².